The van der Waals surface area contributed by atoms with Crippen LogP contribution in [0, 0.1) is 0 Å². The molecule has 2 aromatic carbocycles. The number of amides is 1. The van der Waals surface area contributed by atoms with Crippen LogP contribution >= 0.6 is 0 Å². The van der Waals surface area contributed by atoms with Crippen molar-refractivity contribution in [2.24, 2.45) is 0 Å². The van der Waals surface area contributed by atoms with E-state index in [4.69, 9.17) is 9.26 Å². The number of ether oxygens (including phenoxy) is 1. The van der Waals surface area contributed by atoms with Crippen molar-refractivity contribution in [2.75, 3.05) is 5.32 Å². The third kappa shape index (κ3) is 2.67. The van der Waals surface area contributed by atoms with E-state index in [9.17, 15) is 9.59 Å². The average Bonchev–Trinajstić information content (AvgIpc) is 3.06. The summed E-state index contributed by atoms with van der Waals surface area (Å²) in [5, 5.41) is 6.66. The molecule has 3 aromatic rings. The van der Waals surface area contributed by atoms with Gasteiger partial charge in [-0.15, -0.1) is 0 Å². The summed E-state index contributed by atoms with van der Waals surface area (Å²) in [5.74, 6) is 0.769. The number of aromatic nitrogens is 1. The molecule has 1 N–H and O–H groups in total. The molecule has 0 radical (unpaired) electrons. The number of hydrogen-bond donors (Lipinski definition) is 1. The standard InChI is InChI=1S/C19H14N2O4/c1-11(22)12-5-4-6-13(9-12)20-19(23)17-15-10-24-16-8-3-2-7-14(16)18(15)25-21-17/h2-9H,10H2,1H3,(H,20,23). The zero-order chi connectivity index (χ0) is 17.4. The van der Waals surface area contributed by atoms with E-state index in [-0.39, 0.29) is 18.1 Å². The van der Waals surface area contributed by atoms with Crippen LogP contribution in [0.5, 0.6) is 5.75 Å². The molecule has 0 unspecified atom stereocenters. The van der Waals surface area contributed by atoms with Crippen LogP contribution in [-0.2, 0) is 6.61 Å². The average molecular weight is 334 g/mol. The summed E-state index contributed by atoms with van der Waals surface area (Å²) >= 11 is 0. The molecule has 1 amide bonds. The summed E-state index contributed by atoms with van der Waals surface area (Å²) in [5.41, 5.74) is 2.61. The molecular weight excluding hydrogens is 320 g/mol. The van der Waals surface area contributed by atoms with Crippen LogP contribution in [0.4, 0.5) is 5.69 Å². The van der Waals surface area contributed by atoms with Crippen LogP contribution in [0.15, 0.2) is 53.1 Å². The van der Waals surface area contributed by atoms with Crippen molar-refractivity contribution in [3.8, 4) is 17.1 Å². The first-order valence-corrected chi connectivity index (χ1v) is 7.76. The van der Waals surface area contributed by atoms with Gasteiger partial charge in [0.2, 0.25) is 0 Å². The number of Topliss-reactive ketones (excluding diaryl/α,β-unsaturated/α-hetero) is 1. The van der Waals surface area contributed by atoms with Crippen molar-refractivity contribution >= 4 is 17.4 Å². The molecule has 6 heteroatoms. The van der Waals surface area contributed by atoms with Crippen LogP contribution in [0.3, 0.4) is 0 Å². The zero-order valence-corrected chi connectivity index (χ0v) is 13.4. The Morgan fingerprint density at radius 3 is 2.80 bits per heavy atom. The fourth-order valence-electron chi connectivity index (χ4n) is 2.77. The summed E-state index contributed by atoms with van der Waals surface area (Å²) in [6, 6.07) is 14.2. The van der Waals surface area contributed by atoms with Crippen LogP contribution in [0.25, 0.3) is 11.3 Å². The molecule has 25 heavy (non-hydrogen) atoms. The molecule has 6 nitrogen and oxygen atoms in total. The number of nitrogens with one attached hydrogen (secondary N) is 1. The van der Waals surface area contributed by atoms with Gasteiger partial charge in [-0.2, -0.15) is 0 Å². The third-order valence-electron chi connectivity index (χ3n) is 4.03. The van der Waals surface area contributed by atoms with Gasteiger partial charge in [-0.05, 0) is 31.2 Å². The highest BCUT2D eigenvalue weighted by molar-refractivity contribution is 6.05. The molecule has 0 spiro atoms. The summed E-state index contributed by atoms with van der Waals surface area (Å²) < 4.78 is 11.1. The molecule has 0 fully saturated rings. The summed E-state index contributed by atoms with van der Waals surface area (Å²) in [6.07, 6.45) is 0. The number of carbonyl (C=O) groups is 2. The number of fused-ring (bicyclic) bond motifs is 3. The molecule has 4 rings (SSSR count). The van der Waals surface area contributed by atoms with Crippen molar-refractivity contribution in [1.82, 2.24) is 5.16 Å². The van der Waals surface area contributed by atoms with Crippen molar-refractivity contribution in [2.45, 2.75) is 13.5 Å². The van der Waals surface area contributed by atoms with E-state index in [1.165, 1.54) is 6.92 Å². The predicted molar refractivity (Wildman–Crippen MR) is 90.7 cm³/mol. The number of anilines is 1. The van der Waals surface area contributed by atoms with Crippen LogP contribution in [0.1, 0.15) is 33.3 Å². The lowest BCUT2D eigenvalue weighted by Gasteiger charge is -2.15. The maximum absolute atomic E-state index is 12.6. The highest BCUT2D eigenvalue weighted by Crippen LogP contribution is 2.38. The Morgan fingerprint density at radius 1 is 1.12 bits per heavy atom. The van der Waals surface area contributed by atoms with Gasteiger partial charge in [0, 0.05) is 11.3 Å². The van der Waals surface area contributed by atoms with E-state index in [2.05, 4.69) is 10.5 Å². The monoisotopic (exact) mass is 334 g/mol. The Bertz CT molecular complexity index is 991. The topological polar surface area (TPSA) is 81.4 Å². The van der Waals surface area contributed by atoms with Crippen molar-refractivity contribution < 1.29 is 18.8 Å². The molecule has 2 heterocycles. The van der Waals surface area contributed by atoms with Crippen LogP contribution < -0.4 is 10.1 Å². The minimum absolute atomic E-state index is 0.0695. The van der Waals surface area contributed by atoms with Gasteiger partial charge < -0.3 is 14.6 Å². The van der Waals surface area contributed by atoms with E-state index < -0.39 is 5.91 Å². The Kier molecular flexibility index (Phi) is 3.57. The molecule has 1 aromatic heterocycles. The smallest absolute Gasteiger partial charge is 0.278 e. The minimum Gasteiger partial charge on any atom is -0.488 e. The molecule has 0 saturated heterocycles. The highest BCUT2D eigenvalue weighted by atomic mass is 16.5. The Labute approximate surface area is 143 Å². The second-order valence-corrected chi connectivity index (χ2v) is 5.71. The Balaban J connectivity index is 1.64. The number of hydrogen-bond acceptors (Lipinski definition) is 5. The van der Waals surface area contributed by atoms with E-state index in [0.29, 0.717) is 28.3 Å². The van der Waals surface area contributed by atoms with Gasteiger partial charge in [-0.25, -0.2) is 0 Å². The van der Waals surface area contributed by atoms with Crippen molar-refractivity contribution in [3.05, 3.63) is 65.4 Å². The predicted octanol–water partition coefficient (Wildman–Crippen LogP) is 3.69. The van der Waals surface area contributed by atoms with Gasteiger partial charge in [0.05, 0.1) is 11.1 Å². The highest BCUT2D eigenvalue weighted by Gasteiger charge is 2.28. The quantitative estimate of drug-likeness (QED) is 0.739. The molecule has 0 aliphatic carbocycles. The summed E-state index contributed by atoms with van der Waals surface area (Å²) in [7, 11) is 0. The van der Waals surface area contributed by atoms with E-state index >= 15 is 0 Å². The van der Waals surface area contributed by atoms with Crippen molar-refractivity contribution in [1.29, 1.82) is 0 Å². The third-order valence-corrected chi connectivity index (χ3v) is 4.03. The van der Waals surface area contributed by atoms with E-state index in [1.807, 2.05) is 24.3 Å². The van der Waals surface area contributed by atoms with E-state index in [1.54, 1.807) is 24.3 Å². The largest absolute Gasteiger partial charge is 0.488 e. The lowest BCUT2D eigenvalue weighted by molar-refractivity contribution is 0.100. The lowest BCUT2D eigenvalue weighted by atomic mass is 10.0. The normalized spacial score (nSPS) is 11.9. The molecule has 0 atom stereocenters. The molecule has 1 aliphatic rings. The van der Waals surface area contributed by atoms with Crippen LogP contribution in [-0.4, -0.2) is 16.8 Å². The zero-order valence-electron chi connectivity index (χ0n) is 13.4. The van der Waals surface area contributed by atoms with Gasteiger partial charge in [0.15, 0.2) is 17.2 Å². The molecule has 1 aliphatic heterocycles. The van der Waals surface area contributed by atoms with Gasteiger partial charge in [0.25, 0.3) is 5.91 Å². The first kappa shape index (κ1) is 15.1. The van der Waals surface area contributed by atoms with Gasteiger partial charge >= 0.3 is 0 Å². The first-order chi connectivity index (χ1) is 12.1. The second kappa shape index (κ2) is 5.90. The molecule has 0 saturated carbocycles. The number of ketones is 1. The van der Waals surface area contributed by atoms with Crippen LogP contribution in [0.2, 0.25) is 0 Å². The summed E-state index contributed by atoms with van der Waals surface area (Å²) in [4.78, 5) is 24.0. The number of nitrogens with zero attached hydrogens (tertiary/aromatic N) is 1. The van der Waals surface area contributed by atoms with E-state index in [0.717, 1.165) is 5.56 Å². The fourth-order valence-corrected chi connectivity index (χ4v) is 2.77. The Morgan fingerprint density at radius 2 is 1.96 bits per heavy atom. The number of benzene rings is 2. The second-order valence-electron chi connectivity index (χ2n) is 5.71. The minimum atomic E-state index is -0.409. The molecule has 124 valence electrons. The molecular formula is C19H14N2O4. The first-order valence-electron chi connectivity index (χ1n) is 7.76. The summed E-state index contributed by atoms with van der Waals surface area (Å²) in [6.45, 7) is 1.69. The SMILES string of the molecule is CC(=O)c1cccc(NC(=O)c2noc3c2COc2ccccc2-3)c1. The van der Waals surface area contributed by atoms with Gasteiger partial charge in [-0.3, -0.25) is 9.59 Å². The fraction of sp³-hybridized carbons (Fsp3) is 0.105. The van der Waals surface area contributed by atoms with Gasteiger partial charge in [0.1, 0.15) is 12.4 Å². The lowest BCUT2D eigenvalue weighted by Crippen LogP contribution is -2.16. The number of para-hydroxylation sites is 1. The molecule has 0 bridgehead atoms. The van der Waals surface area contributed by atoms with Crippen molar-refractivity contribution in [3.63, 3.8) is 0 Å². The van der Waals surface area contributed by atoms with Gasteiger partial charge in [-0.1, -0.05) is 29.4 Å². The Hall–Kier alpha value is -3.41. The maximum Gasteiger partial charge on any atom is 0.278 e. The number of rotatable bonds is 3. The maximum atomic E-state index is 12.6. The number of carbonyl (C=O) groups excluding carboxylic acids is 2.